The Morgan fingerprint density at radius 3 is 2.77 bits per heavy atom. The highest BCUT2D eigenvalue weighted by Crippen LogP contribution is 2.34. The van der Waals surface area contributed by atoms with Crippen molar-refractivity contribution in [3.05, 3.63) is 44.9 Å². The van der Waals surface area contributed by atoms with Gasteiger partial charge in [-0.2, -0.15) is 0 Å². The van der Waals surface area contributed by atoms with Crippen LogP contribution >= 0.6 is 11.3 Å². The van der Waals surface area contributed by atoms with Crippen LogP contribution in [0.25, 0.3) is 10.3 Å². The molecule has 0 radical (unpaired) electrons. The lowest BCUT2D eigenvalue weighted by atomic mass is 9.87. The van der Waals surface area contributed by atoms with Gasteiger partial charge in [0.05, 0.1) is 45.4 Å². The van der Waals surface area contributed by atoms with Gasteiger partial charge < -0.3 is 19.5 Å². The molecule has 2 aromatic heterocycles. The third-order valence-corrected chi connectivity index (χ3v) is 7.16. The molecule has 2 aliphatic rings. The van der Waals surface area contributed by atoms with E-state index in [0.717, 1.165) is 35.8 Å². The number of nitrogens with one attached hydrogen (secondary N) is 1. The van der Waals surface area contributed by atoms with Crippen molar-refractivity contribution >= 4 is 21.7 Å². The highest BCUT2D eigenvalue weighted by molar-refractivity contribution is 7.18. The zero-order valence-electron chi connectivity index (χ0n) is 17.9. The zero-order valence-corrected chi connectivity index (χ0v) is 18.8. The molecule has 2 fully saturated rings. The highest BCUT2D eigenvalue weighted by atomic mass is 32.1. The number of rotatable bonds is 6. The van der Waals surface area contributed by atoms with E-state index in [2.05, 4.69) is 12.2 Å². The second-order valence-corrected chi connectivity index (χ2v) is 9.42. The molecule has 0 amide bonds. The number of thiazole rings is 1. The number of hydrogen-bond donors (Lipinski definition) is 1. The van der Waals surface area contributed by atoms with E-state index in [0.29, 0.717) is 41.6 Å². The average molecular weight is 443 g/mol. The van der Waals surface area contributed by atoms with Gasteiger partial charge in [-0.15, -0.1) is 0 Å². The van der Waals surface area contributed by atoms with Gasteiger partial charge in [-0.05, 0) is 38.4 Å². The van der Waals surface area contributed by atoms with Crippen molar-refractivity contribution in [3.63, 3.8) is 0 Å². The van der Waals surface area contributed by atoms with Gasteiger partial charge in [0.25, 0.3) is 5.56 Å². The van der Waals surface area contributed by atoms with Crippen LogP contribution in [0, 0.1) is 0 Å². The van der Waals surface area contributed by atoms with Gasteiger partial charge in [0.15, 0.2) is 10.3 Å². The van der Waals surface area contributed by atoms with Gasteiger partial charge in [0.2, 0.25) is 0 Å². The average Bonchev–Trinajstić information content (AvgIpc) is 3.44. The first-order valence-corrected chi connectivity index (χ1v) is 11.3. The lowest BCUT2D eigenvalue weighted by Gasteiger charge is -2.38. The molecule has 2 saturated heterocycles. The molecular formula is C22H26N4O4S. The van der Waals surface area contributed by atoms with Crippen LogP contribution in [0.1, 0.15) is 42.2 Å². The molecule has 164 valence electrons. The van der Waals surface area contributed by atoms with Crippen molar-refractivity contribution in [2.45, 2.75) is 37.8 Å². The van der Waals surface area contributed by atoms with Gasteiger partial charge in [0.1, 0.15) is 22.3 Å². The minimum atomic E-state index is -0.303. The molecule has 0 aliphatic carbocycles. The van der Waals surface area contributed by atoms with Crippen molar-refractivity contribution in [2.24, 2.45) is 0 Å². The number of benzene rings is 1. The first-order valence-electron chi connectivity index (χ1n) is 10.5. The van der Waals surface area contributed by atoms with Crippen LogP contribution in [-0.2, 0) is 16.7 Å². The monoisotopic (exact) mass is 442 g/mol. The summed E-state index contributed by atoms with van der Waals surface area (Å²) in [6, 6.07) is 5.83. The van der Waals surface area contributed by atoms with Crippen molar-refractivity contribution in [1.82, 2.24) is 19.9 Å². The Kier molecular flexibility index (Phi) is 5.19. The number of fused-ring (bicyclic) bond motifs is 1. The van der Waals surface area contributed by atoms with Crippen LogP contribution in [0.3, 0.4) is 0 Å². The number of nitrogens with zero attached hydrogens (tertiary/aromatic N) is 3. The van der Waals surface area contributed by atoms with Gasteiger partial charge in [-0.3, -0.25) is 9.36 Å². The summed E-state index contributed by atoms with van der Waals surface area (Å²) in [6.07, 6.45) is 2.16. The number of ether oxygens (including phenoxy) is 3. The third kappa shape index (κ3) is 3.50. The zero-order chi connectivity index (χ0) is 21.6. The molecule has 5 rings (SSSR count). The molecule has 1 N–H and O–H groups in total. The lowest BCUT2D eigenvalue weighted by Crippen LogP contribution is -2.48. The summed E-state index contributed by atoms with van der Waals surface area (Å²) in [5.41, 5.74) is 0.896. The summed E-state index contributed by atoms with van der Waals surface area (Å²) in [5, 5.41) is 4.41. The molecule has 1 atom stereocenters. The topological polar surface area (TPSA) is 87.5 Å². The Hall–Kier alpha value is -2.49. The first-order chi connectivity index (χ1) is 15.0. The standard InChI is InChI=1S/C22H26N4O4S/c1-22(11-30-12-22)21-25-19-17(24-18(31-19)15-5-4-8-23-15)20(27)26(21)10-13-6-7-14(28-2)9-16(13)29-3/h6-7,9,15,23H,4-5,8,10-12H2,1-3H3. The predicted octanol–water partition coefficient (Wildman–Crippen LogP) is 2.63. The molecule has 0 spiro atoms. The Bertz CT molecular complexity index is 1180. The second kappa shape index (κ2) is 7.89. The minimum absolute atomic E-state index is 0.119. The highest BCUT2D eigenvalue weighted by Gasteiger charge is 2.40. The maximum atomic E-state index is 13.6. The molecule has 3 aromatic rings. The lowest BCUT2D eigenvalue weighted by molar-refractivity contribution is -0.0562. The van der Waals surface area contributed by atoms with Crippen LogP contribution in [0.15, 0.2) is 23.0 Å². The summed E-state index contributed by atoms with van der Waals surface area (Å²) in [7, 11) is 3.23. The number of methoxy groups -OCH3 is 2. The van der Waals surface area contributed by atoms with Crippen molar-refractivity contribution in [3.8, 4) is 11.5 Å². The summed E-state index contributed by atoms with van der Waals surface area (Å²) >= 11 is 1.52. The number of hydrogen-bond acceptors (Lipinski definition) is 8. The Morgan fingerprint density at radius 2 is 2.13 bits per heavy atom. The van der Waals surface area contributed by atoms with E-state index in [9.17, 15) is 4.79 Å². The van der Waals surface area contributed by atoms with Crippen molar-refractivity contribution in [2.75, 3.05) is 34.0 Å². The molecule has 1 unspecified atom stereocenters. The molecule has 0 saturated carbocycles. The van der Waals surface area contributed by atoms with Crippen molar-refractivity contribution < 1.29 is 14.2 Å². The summed E-state index contributed by atoms with van der Waals surface area (Å²) in [5.74, 6) is 2.11. The fourth-order valence-electron chi connectivity index (χ4n) is 4.27. The smallest absolute Gasteiger partial charge is 0.281 e. The van der Waals surface area contributed by atoms with E-state index in [1.165, 1.54) is 11.3 Å². The van der Waals surface area contributed by atoms with Crippen LogP contribution in [0.5, 0.6) is 11.5 Å². The maximum Gasteiger partial charge on any atom is 0.281 e. The van der Waals surface area contributed by atoms with Crippen LogP contribution in [0.4, 0.5) is 0 Å². The number of aromatic nitrogens is 3. The summed E-state index contributed by atoms with van der Waals surface area (Å²) in [6.45, 7) is 4.50. The molecular weight excluding hydrogens is 416 g/mol. The Labute approximate surface area is 184 Å². The van der Waals surface area contributed by atoms with E-state index in [1.807, 2.05) is 18.2 Å². The third-order valence-electron chi connectivity index (χ3n) is 6.10. The van der Waals surface area contributed by atoms with E-state index < -0.39 is 0 Å². The van der Waals surface area contributed by atoms with Crippen LogP contribution < -0.4 is 20.3 Å². The molecule has 8 nitrogen and oxygen atoms in total. The fraction of sp³-hybridized carbons (Fsp3) is 0.500. The van der Waals surface area contributed by atoms with Gasteiger partial charge in [-0.25, -0.2) is 9.97 Å². The van der Waals surface area contributed by atoms with E-state index in [1.54, 1.807) is 18.8 Å². The van der Waals surface area contributed by atoms with E-state index in [4.69, 9.17) is 24.2 Å². The predicted molar refractivity (Wildman–Crippen MR) is 118 cm³/mol. The van der Waals surface area contributed by atoms with Crippen molar-refractivity contribution in [1.29, 1.82) is 0 Å². The summed E-state index contributed by atoms with van der Waals surface area (Å²) < 4.78 is 18.1. The molecule has 1 aromatic carbocycles. The molecule has 4 heterocycles. The molecule has 0 bridgehead atoms. The van der Waals surface area contributed by atoms with Gasteiger partial charge in [-0.1, -0.05) is 11.3 Å². The maximum absolute atomic E-state index is 13.6. The van der Waals surface area contributed by atoms with Gasteiger partial charge in [0, 0.05) is 11.6 Å². The Morgan fingerprint density at radius 1 is 1.29 bits per heavy atom. The quantitative estimate of drug-likeness (QED) is 0.628. The second-order valence-electron chi connectivity index (χ2n) is 8.41. The summed E-state index contributed by atoms with van der Waals surface area (Å²) in [4.78, 5) is 24.0. The first kappa shape index (κ1) is 20.4. The van der Waals surface area contributed by atoms with E-state index in [-0.39, 0.29) is 17.0 Å². The molecule has 9 heteroatoms. The molecule has 2 aliphatic heterocycles. The van der Waals surface area contributed by atoms with E-state index >= 15 is 0 Å². The van der Waals surface area contributed by atoms with Gasteiger partial charge >= 0.3 is 0 Å². The largest absolute Gasteiger partial charge is 0.497 e. The van der Waals surface area contributed by atoms with Crippen LogP contribution in [0.2, 0.25) is 0 Å². The SMILES string of the molecule is COc1ccc(Cn2c(C3(C)COC3)nc3sc(C4CCCN4)nc3c2=O)c(OC)c1. The normalized spacial score (nSPS) is 20.0. The fourth-order valence-corrected chi connectivity index (χ4v) is 5.31. The van der Waals surface area contributed by atoms with Crippen LogP contribution in [-0.4, -0.2) is 48.5 Å². The minimum Gasteiger partial charge on any atom is -0.497 e. The molecule has 31 heavy (non-hydrogen) atoms. The Balaban J connectivity index is 1.64.